The second-order valence-electron chi connectivity index (χ2n) is 4.23. The molecule has 0 aliphatic heterocycles. The maximum absolute atomic E-state index is 10.7. The monoisotopic (exact) mass is 288 g/mol. The summed E-state index contributed by atoms with van der Waals surface area (Å²) in [5.41, 5.74) is 1.48. The van der Waals surface area contributed by atoms with Gasteiger partial charge in [-0.3, -0.25) is 4.79 Å². The molecule has 0 aromatic heterocycles. The molecule has 110 valence electrons. The van der Waals surface area contributed by atoms with Gasteiger partial charge in [0.05, 0.1) is 7.11 Å². The molecule has 2 aromatic rings. The lowest BCUT2D eigenvalue weighted by molar-refractivity contribution is 0.0985. The van der Waals surface area contributed by atoms with Crippen molar-refractivity contribution in [1.82, 2.24) is 0 Å². The quantitative estimate of drug-likeness (QED) is 0.626. The molecular weight excluding hydrogens is 272 g/mol. The third kappa shape index (κ3) is 3.97. The van der Waals surface area contributed by atoms with Crippen LogP contribution in [0.4, 0.5) is 0 Å². The van der Waals surface area contributed by atoms with E-state index in [0.717, 1.165) is 11.8 Å². The zero-order chi connectivity index (χ0) is 15.1. The minimum atomic E-state index is -0.351. The summed E-state index contributed by atoms with van der Waals surface area (Å²) in [5, 5.41) is 8.66. The van der Waals surface area contributed by atoms with Crippen LogP contribution < -0.4 is 14.2 Å². The summed E-state index contributed by atoms with van der Waals surface area (Å²) >= 11 is 0. The summed E-state index contributed by atoms with van der Waals surface area (Å²) in [6.07, 6.45) is 0.756. The molecule has 0 radical (unpaired) electrons. The minimum Gasteiger partial charge on any atom is -0.493 e. The van der Waals surface area contributed by atoms with Crippen molar-refractivity contribution in [3.05, 3.63) is 53.6 Å². The van der Waals surface area contributed by atoms with E-state index in [1.165, 1.54) is 7.11 Å². The smallest absolute Gasteiger partial charge is 0.186 e. The molecule has 0 saturated carbocycles. The third-order valence-electron chi connectivity index (χ3n) is 2.87. The van der Waals surface area contributed by atoms with Gasteiger partial charge in [-0.15, -0.1) is 0 Å². The maximum Gasteiger partial charge on any atom is 0.186 e. The van der Waals surface area contributed by atoms with Crippen molar-refractivity contribution < 1.29 is 24.1 Å². The molecule has 0 heterocycles. The van der Waals surface area contributed by atoms with Gasteiger partial charge in [-0.05, 0) is 35.9 Å². The lowest BCUT2D eigenvalue weighted by Gasteiger charge is -2.11. The molecule has 1 N–H and O–H groups in total. The van der Waals surface area contributed by atoms with Crippen molar-refractivity contribution >= 4 is 6.29 Å². The maximum atomic E-state index is 10.7. The van der Waals surface area contributed by atoms with E-state index in [0.29, 0.717) is 29.4 Å². The highest BCUT2D eigenvalue weighted by atomic mass is 16.6. The predicted molar refractivity (Wildman–Crippen MR) is 76.9 cm³/mol. The first-order valence-electron chi connectivity index (χ1n) is 6.35. The van der Waals surface area contributed by atoms with Crippen LogP contribution in [0, 0.1) is 0 Å². The number of benzene rings is 2. The van der Waals surface area contributed by atoms with Crippen LogP contribution in [-0.4, -0.2) is 25.3 Å². The van der Waals surface area contributed by atoms with E-state index >= 15 is 0 Å². The molecule has 0 fully saturated rings. The lowest BCUT2D eigenvalue weighted by atomic mass is 10.2. The molecule has 0 saturated heterocycles. The molecule has 0 amide bonds. The number of methoxy groups -OCH3 is 1. The number of hydrogen-bond donors (Lipinski definition) is 1. The number of carbonyl (C=O) groups is 1. The van der Waals surface area contributed by atoms with Crippen molar-refractivity contribution in [1.29, 1.82) is 0 Å². The third-order valence-corrected chi connectivity index (χ3v) is 2.87. The van der Waals surface area contributed by atoms with Gasteiger partial charge in [0.1, 0.15) is 18.6 Å². The molecule has 2 aromatic carbocycles. The molecule has 21 heavy (non-hydrogen) atoms. The van der Waals surface area contributed by atoms with E-state index < -0.39 is 0 Å². The Morgan fingerprint density at radius 2 is 1.81 bits per heavy atom. The number of aliphatic hydroxyl groups excluding tert-OH is 1. The fourth-order valence-electron chi connectivity index (χ4n) is 1.79. The number of carbonyl (C=O) groups excluding carboxylic acids is 1. The Morgan fingerprint density at radius 3 is 2.43 bits per heavy atom. The van der Waals surface area contributed by atoms with Gasteiger partial charge >= 0.3 is 0 Å². The summed E-state index contributed by atoms with van der Waals surface area (Å²) in [7, 11) is 1.53. The molecule has 0 spiro atoms. The predicted octanol–water partition coefficient (Wildman–Crippen LogP) is 2.42. The van der Waals surface area contributed by atoms with Gasteiger partial charge in [0, 0.05) is 5.56 Å². The molecule has 0 atom stereocenters. The van der Waals surface area contributed by atoms with Crippen LogP contribution in [0.5, 0.6) is 17.2 Å². The van der Waals surface area contributed by atoms with Crippen molar-refractivity contribution in [2.45, 2.75) is 6.61 Å². The van der Waals surface area contributed by atoms with Crippen LogP contribution in [0.1, 0.15) is 15.9 Å². The van der Waals surface area contributed by atoms with Gasteiger partial charge in [-0.1, -0.05) is 12.1 Å². The first-order valence-corrected chi connectivity index (χ1v) is 6.35. The topological polar surface area (TPSA) is 65.0 Å². The summed E-state index contributed by atoms with van der Waals surface area (Å²) < 4.78 is 15.8. The summed E-state index contributed by atoms with van der Waals surface area (Å²) in [6, 6.07) is 12.2. The largest absolute Gasteiger partial charge is 0.493 e. The first-order chi connectivity index (χ1) is 10.3. The van der Waals surface area contributed by atoms with Crippen molar-refractivity contribution in [3.63, 3.8) is 0 Å². The van der Waals surface area contributed by atoms with Crippen molar-refractivity contribution in [2.75, 3.05) is 13.9 Å². The summed E-state index contributed by atoms with van der Waals surface area (Å²) in [5.74, 6) is 1.67. The Labute approximate surface area is 122 Å². The van der Waals surface area contributed by atoms with Crippen LogP contribution in [0.25, 0.3) is 0 Å². The van der Waals surface area contributed by atoms with Crippen LogP contribution in [0.3, 0.4) is 0 Å². The number of aldehydes is 1. The molecule has 5 heteroatoms. The Hall–Kier alpha value is -2.53. The van der Waals surface area contributed by atoms with Crippen LogP contribution in [0.2, 0.25) is 0 Å². The second-order valence-corrected chi connectivity index (χ2v) is 4.23. The number of ether oxygens (including phenoxy) is 3. The molecule has 0 unspecified atom stereocenters. The van der Waals surface area contributed by atoms with Crippen LogP contribution >= 0.6 is 0 Å². The molecule has 5 nitrogen and oxygen atoms in total. The Kier molecular flexibility index (Phi) is 5.17. The zero-order valence-corrected chi connectivity index (χ0v) is 11.6. The molecule has 0 bridgehead atoms. The fraction of sp³-hybridized carbons (Fsp3) is 0.188. The van der Waals surface area contributed by atoms with Gasteiger partial charge in [0.25, 0.3) is 0 Å². The highest BCUT2D eigenvalue weighted by Gasteiger charge is 2.06. The normalized spacial score (nSPS) is 10.0. The van der Waals surface area contributed by atoms with Crippen LogP contribution in [-0.2, 0) is 6.61 Å². The van der Waals surface area contributed by atoms with E-state index in [1.807, 2.05) is 12.1 Å². The van der Waals surface area contributed by atoms with Gasteiger partial charge in [0.15, 0.2) is 18.3 Å². The average molecular weight is 288 g/mol. The Morgan fingerprint density at radius 1 is 1.05 bits per heavy atom. The van der Waals surface area contributed by atoms with Crippen molar-refractivity contribution in [2.24, 2.45) is 0 Å². The standard InChI is InChI=1S/C16H16O5/c1-19-16-8-13(9-17)4-7-15(16)20-10-12-2-5-14(6-3-12)21-11-18/h2-9,18H,10-11H2,1H3. The first kappa shape index (κ1) is 14.9. The summed E-state index contributed by atoms with van der Waals surface area (Å²) in [4.78, 5) is 10.7. The number of hydrogen-bond acceptors (Lipinski definition) is 5. The van der Waals surface area contributed by atoms with E-state index in [1.54, 1.807) is 30.3 Å². The molecule has 0 aliphatic rings. The highest BCUT2D eigenvalue weighted by molar-refractivity contribution is 5.76. The highest BCUT2D eigenvalue weighted by Crippen LogP contribution is 2.28. The average Bonchev–Trinajstić information content (AvgIpc) is 2.54. The SMILES string of the molecule is COc1cc(C=O)ccc1OCc1ccc(OCO)cc1. The van der Waals surface area contributed by atoms with E-state index in [4.69, 9.17) is 19.3 Å². The molecular formula is C16H16O5. The van der Waals surface area contributed by atoms with Crippen LogP contribution in [0.15, 0.2) is 42.5 Å². The lowest BCUT2D eigenvalue weighted by Crippen LogP contribution is -1.99. The Bertz CT molecular complexity index is 592. The minimum absolute atomic E-state index is 0.351. The number of rotatable bonds is 7. The van der Waals surface area contributed by atoms with E-state index in [9.17, 15) is 4.79 Å². The number of aliphatic hydroxyl groups is 1. The summed E-state index contributed by atoms with van der Waals surface area (Å²) in [6.45, 7) is 0.00628. The van der Waals surface area contributed by atoms with Gasteiger partial charge in [-0.2, -0.15) is 0 Å². The zero-order valence-electron chi connectivity index (χ0n) is 11.6. The second kappa shape index (κ2) is 7.31. The Balaban J connectivity index is 2.03. The van der Waals surface area contributed by atoms with E-state index in [-0.39, 0.29) is 6.79 Å². The van der Waals surface area contributed by atoms with Crippen molar-refractivity contribution in [3.8, 4) is 17.2 Å². The van der Waals surface area contributed by atoms with Gasteiger partial charge in [0.2, 0.25) is 0 Å². The fourth-order valence-corrected chi connectivity index (χ4v) is 1.79. The van der Waals surface area contributed by atoms with Gasteiger partial charge < -0.3 is 19.3 Å². The van der Waals surface area contributed by atoms with E-state index in [2.05, 4.69) is 0 Å². The molecule has 2 rings (SSSR count). The van der Waals surface area contributed by atoms with Gasteiger partial charge in [-0.25, -0.2) is 0 Å². The molecule has 0 aliphatic carbocycles.